The molecule has 5 heteroatoms. The highest BCUT2D eigenvalue weighted by molar-refractivity contribution is 5.94. The van der Waals surface area contributed by atoms with Gasteiger partial charge in [0.05, 0.1) is 0 Å². The maximum absolute atomic E-state index is 12.8. The Bertz CT molecular complexity index is 613. The average molecular weight is 341 g/mol. The van der Waals surface area contributed by atoms with Gasteiger partial charge in [-0.1, -0.05) is 12.8 Å². The first-order valence-corrected chi connectivity index (χ1v) is 9.73. The molecule has 1 aromatic rings. The summed E-state index contributed by atoms with van der Waals surface area (Å²) in [5, 5.41) is 3.16. The largest absolute Gasteiger partial charge is 0.349 e. The number of nitrogens with one attached hydrogen (secondary N) is 1. The number of carbonyl (C=O) groups excluding carboxylic acids is 2. The fourth-order valence-electron chi connectivity index (χ4n) is 5.04. The Hall–Kier alpha value is -1.91. The summed E-state index contributed by atoms with van der Waals surface area (Å²) in [7, 11) is 0. The van der Waals surface area contributed by atoms with Crippen LogP contribution in [-0.4, -0.2) is 39.8 Å². The molecule has 1 aromatic heterocycles. The van der Waals surface area contributed by atoms with E-state index >= 15 is 0 Å². The predicted molar refractivity (Wildman–Crippen MR) is 95.0 cm³/mol. The molecule has 134 valence electrons. The molecule has 4 rings (SSSR count). The van der Waals surface area contributed by atoms with Crippen molar-refractivity contribution in [2.45, 2.75) is 75.9 Å². The molecule has 0 aromatic carbocycles. The monoisotopic (exact) mass is 341 g/mol. The molecule has 3 aliphatic rings. The molecule has 2 saturated heterocycles. The van der Waals surface area contributed by atoms with E-state index in [2.05, 4.69) is 15.2 Å². The molecule has 25 heavy (non-hydrogen) atoms. The number of pyridine rings is 1. The summed E-state index contributed by atoms with van der Waals surface area (Å²) in [5.74, 6) is 0.937. The molecular formula is C20H27N3O2. The van der Waals surface area contributed by atoms with Crippen LogP contribution in [0.2, 0.25) is 0 Å². The minimum Gasteiger partial charge on any atom is -0.349 e. The van der Waals surface area contributed by atoms with Gasteiger partial charge in [0.1, 0.15) is 0 Å². The van der Waals surface area contributed by atoms with Gasteiger partial charge in [0.2, 0.25) is 5.91 Å². The molecule has 5 nitrogen and oxygen atoms in total. The molecule has 0 spiro atoms. The standard InChI is InChI=1S/C20H27N3O2/c24-19(11-14-3-1-2-4-14)23-17-5-6-18(23)13-16(12-17)22-20(25)15-7-9-21-10-8-15/h7-10,14,16-18H,1-6,11-13H2,(H,22,25)/t16?,17-,18+. The first-order chi connectivity index (χ1) is 12.2. The van der Waals surface area contributed by atoms with Crippen LogP contribution >= 0.6 is 0 Å². The van der Waals surface area contributed by atoms with Crippen LogP contribution in [0.1, 0.15) is 68.1 Å². The molecule has 1 unspecified atom stereocenters. The van der Waals surface area contributed by atoms with Crippen LogP contribution in [0.3, 0.4) is 0 Å². The van der Waals surface area contributed by atoms with Gasteiger partial charge in [-0.3, -0.25) is 14.6 Å². The SMILES string of the molecule is O=C(NC1C[C@H]2CC[C@@H](C1)N2C(=O)CC1CCCC1)c1ccncc1. The summed E-state index contributed by atoms with van der Waals surface area (Å²) in [6, 6.07) is 4.29. The number of piperidine rings is 1. The number of aromatic nitrogens is 1. The minimum atomic E-state index is -0.0301. The summed E-state index contributed by atoms with van der Waals surface area (Å²) < 4.78 is 0. The zero-order chi connectivity index (χ0) is 17.2. The van der Waals surface area contributed by atoms with E-state index in [0.717, 1.165) is 32.1 Å². The van der Waals surface area contributed by atoms with Crippen molar-refractivity contribution >= 4 is 11.8 Å². The lowest BCUT2D eigenvalue weighted by atomic mass is 9.95. The Balaban J connectivity index is 1.35. The molecule has 0 radical (unpaired) electrons. The van der Waals surface area contributed by atoms with Crippen LogP contribution in [0.15, 0.2) is 24.5 Å². The van der Waals surface area contributed by atoms with Crippen LogP contribution in [0.4, 0.5) is 0 Å². The average Bonchev–Trinajstić information content (AvgIpc) is 3.22. The van der Waals surface area contributed by atoms with Crippen LogP contribution in [0.5, 0.6) is 0 Å². The summed E-state index contributed by atoms with van der Waals surface area (Å²) >= 11 is 0. The third-order valence-corrected chi connectivity index (χ3v) is 6.24. The number of fused-ring (bicyclic) bond motifs is 2. The van der Waals surface area contributed by atoms with E-state index in [1.54, 1.807) is 24.5 Å². The van der Waals surface area contributed by atoms with Crippen molar-refractivity contribution in [2.75, 3.05) is 0 Å². The fourth-order valence-corrected chi connectivity index (χ4v) is 5.04. The van der Waals surface area contributed by atoms with Gasteiger partial charge < -0.3 is 10.2 Å². The van der Waals surface area contributed by atoms with Crippen LogP contribution in [-0.2, 0) is 4.79 Å². The van der Waals surface area contributed by atoms with Crippen molar-refractivity contribution in [3.8, 4) is 0 Å². The van der Waals surface area contributed by atoms with Crippen molar-refractivity contribution in [2.24, 2.45) is 5.92 Å². The van der Waals surface area contributed by atoms with E-state index in [0.29, 0.717) is 29.5 Å². The van der Waals surface area contributed by atoms with E-state index < -0.39 is 0 Å². The summed E-state index contributed by atoms with van der Waals surface area (Å²) in [5.41, 5.74) is 0.655. The van der Waals surface area contributed by atoms with Gasteiger partial charge in [-0.2, -0.15) is 0 Å². The Morgan fingerprint density at radius 3 is 2.32 bits per heavy atom. The quantitative estimate of drug-likeness (QED) is 0.916. The number of rotatable bonds is 4. The van der Waals surface area contributed by atoms with E-state index in [1.807, 2.05) is 0 Å². The highest BCUT2D eigenvalue weighted by Gasteiger charge is 2.43. The zero-order valence-electron chi connectivity index (χ0n) is 14.7. The second-order valence-electron chi connectivity index (χ2n) is 7.92. The number of hydrogen-bond acceptors (Lipinski definition) is 3. The number of amides is 2. The second-order valence-corrected chi connectivity index (χ2v) is 7.92. The van der Waals surface area contributed by atoms with Crippen molar-refractivity contribution < 1.29 is 9.59 Å². The van der Waals surface area contributed by atoms with Gasteiger partial charge in [0.15, 0.2) is 0 Å². The number of carbonyl (C=O) groups is 2. The third kappa shape index (κ3) is 3.55. The minimum absolute atomic E-state index is 0.0301. The molecule has 1 saturated carbocycles. The van der Waals surface area contributed by atoms with Gasteiger partial charge in [-0.05, 0) is 56.6 Å². The van der Waals surface area contributed by atoms with E-state index in [9.17, 15) is 9.59 Å². The number of nitrogens with zero attached hydrogens (tertiary/aromatic N) is 2. The van der Waals surface area contributed by atoms with Gasteiger partial charge in [-0.15, -0.1) is 0 Å². The Morgan fingerprint density at radius 2 is 1.68 bits per heavy atom. The molecule has 2 amide bonds. The highest BCUT2D eigenvalue weighted by atomic mass is 16.2. The lowest BCUT2D eigenvalue weighted by Crippen LogP contribution is -2.52. The first-order valence-electron chi connectivity index (χ1n) is 9.73. The highest BCUT2D eigenvalue weighted by Crippen LogP contribution is 2.38. The second kappa shape index (κ2) is 7.14. The van der Waals surface area contributed by atoms with Gasteiger partial charge in [0.25, 0.3) is 5.91 Å². The lowest BCUT2D eigenvalue weighted by molar-refractivity contribution is -0.136. The van der Waals surface area contributed by atoms with Crippen LogP contribution < -0.4 is 5.32 Å². The lowest BCUT2D eigenvalue weighted by Gasteiger charge is -2.39. The van der Waals surface area contributed by atoms with Gasteiger partial charge >= 0.3 is 0 Å². The Kier molecular flexibility index (Phi) is 4.73. The van der Waals surface area contributed by atoms with Crippen LogP contribution in [0, 0.1) is 5.92 Å². The first kappa shape index (κ1) is 16.6. The van der Waals surface area contributed by atoms with Crippen molar-refractivity contribution in [3.63, 3.8) is 0 Å². The smallest absolute Gasteiger partial charge is 0.251 e. The molecule has 2 bridgehead atoms. The molecule has 3 atom stereocenters. The van der Waals surface area contributed by atoms with Crippen molar-refractivity contribution in [1.29, 1.82) is 0 Å². The maximum atomic E-state index is 12.8. The summed E-state index contributed by atoms with van der Waals surface area (Å²) in [6.07, 6.45) is 13.0. The Labute approximate surface area is 149 Å². The van der Waals surface area contributed by atoms with Gasteiger partial charge in [-0.25, -0.2) is 0 Å². The third-order valence-electron chi connectivity index (χ3n) is 6.24. The van der Waals surface area contributed by atoms with Crippen molar-refractivity contribution in [1.82, 2.24) is 15.2 Å². The Morgan fingerprint density at radius 1 is 1.04 bits per heavy atom. The zero-order valence-corrected chi connectivity index (χ0v) is 14.7. The van der Waals surface area contributed by atoms with Crippen molar-refractivity contribution in [3.05, 3.63) is 30.1 Å². The van der Waals surface area contributed by atoms with E-state index in [1.165, 1.54) is 25.7 Å². The summed E-state index contributed by atoms with van der Waals surface area (Å²) in [4.78, 5) is 31.3. The predicted octanol–water partition coefficient (Wildman–Crippen LogP) is 2.91. The molecule has 2 aliphatic heterocycles. The normalized spacial score (nSPS) is 29.0. The van der Waals surface area contributed by atoms with E-state index in [-0.39, 0.29) is 11.9 Å². The fraction of sp³-hybridized carbons (Fsp3) is 0.650. The maximum Gasteiger partial charge on any atom is 0.251 e. The van der Waals surface area contributed by atoms with Gasteiger partial charge in [0, 0.05) is 42.5 Å². The summed E-state index contributed by atoms with van der Waals surface area (Å²) in [6.45, 7) is 0. The molecular weight excluding hydrogens is 314 g/mol. The number of hydrogen-bond donors (Lipinski definition) is 1. The molecule has 1 N–H and O–H groups in total. The molecule has 1 aliphatic carbocycles. The van der Waals surface area contributed by atoms with E-state index in [4.69, 9.17) is 0 Å². The molecule has 3 fully saturated rings. The van der Waals surface area contributed by atoms with Crippen LogP contribution in [0.25, 0.3) is 0 Å². The topological polar surface area (TPSA) is 62.3 Å². The molecule has 3 heterocycles.